The molecule has 2 atom stereocenters. The van der Waals surface area contributed by atoms with E-state index in [0.717, 1.165) is 6.07 Å². The lowest BCUT2D eigenvalue weighted by atomic mass is 10.1. The van der Waals surface area contributed by atoms with Gasteiger partial charge in [-0.25, -0.2) is 34.8 Å². The van der Waals surface area contributed by atoms with Gasteiger partial charge in [0.2, 0.25) is 10.0 Å². The fraction of sp³-hybridized carbons (Fsp3) is 0.278. The summed E-state index contributed by atoms with van der Waals surface area (Å²) in [7, 11) is -4.81. The van der Waals surface area contributed by atoms with E-state index in [1.165, 1.54) is 0 Å². The van der Waals surface area contributed by atoms with Crippen LogP contribution in [-0.4, -0.2) is 55.3 Å². The molecule has 2 unspecified atom stereocenters. The Bertz CT molecular complexity index is 1100. The first kappa shape index (κ1) is 23.0. The van der Waals surface area contributed by atoms with Crippen LogP contribution in [0.15, 0.2) is 35.2 Å². The topological polar surface area (TPSA) is 86.7 Å². The second kappa shape index (κ2) is 8.48. The van der Waals surface area contributed by atoms with Crippen LogP contribution < -0.4 is 5.32 Å². The maximum absolute atomic E-state index is 14.2. The predicted octanol–water partition coefficient (Wildman–Crippen LogP) is 2.54. The van der Waals surface area contributed by atoms with E-state index in [0.29, 0.717) is 28.6 Å². The van der Waals surface area contributed by atoms with Gasteiger partial charge in [0, 0.05) is 36.5 Å². The van der Waals surface area contributed by atoms with Crippen molar-refractivity contribution >= 4 is 21.6 Å². The van der Waals surface area contributed by atoms with Crippen LogP contribution in [0.5, 0.6) is 0 Å². The summed E-state index contributed by atoms with van der Waals surface area (Å²) in [5, 5.41) is 11.3. The normalized spacial score (nSPS) is 22.4. The second-order valence-electron chi connectivity index (χ2n) is 6.70. The first-order valence-electron chi connectivity index (χ1n) is 8.63. The minimum Gasteiger partial charge on any atom is -0.387 e. The molecular weight excluding hydrogens is 454 g/mol. The molecule has 1 saturated heterocycles. The highest BCUT2D eigenvalue weighted by Crippen LogP contribution is 2.27. The zero-order chi connectivity index (χ0) is 23.1. The van der Waals surface area contributed by atoms with Crippen LogP contribution in [0.25, 0.3) is 0 Å². The Labute approximate surface area is 172 Å². The molecule has 1 heterocycles. The van der Waals surface area contributed by atoms with Crippen molar-refractivity contribution in [3.8, 4) is 0 Å². The number of nitrogens with one attached hydrogen (secondary N) is 1. The highest BCUT2D eigenvalue weighted by atomic mass is 32.2. The van der Waals surface area contributed by atoms with Crippen molar-refractivity contribution < 1.29 is 44.7 Å². The maximum Gasteiger partial charge on any atom is 0.255 e. The number of sulfonamides is 1. The van der Waals surface area contributed by atoms with Gasteiger partial charge in [-0.3, -0.25) is 4.79 Å². The number of carbonyl (C=O) groups excluding carboxylic acids is 1. The molecule has 2 aromatic carbocycles. The molecule has 1 fully saturated rings. The lowest BCUT2D eigenvalue weighted by molar-refractivity contribution is -0.0291. The van der Waals surface area contributed by atoms with Gasteiger partial charge in [-0.15, -0.1) is 0 Å². The summed E-state index contributed by atoms with van der Waals surface area (Å²) in [6.45, 7) is -1.87. The predicted molar refractivity (Wildman–Crippen MR) is 95.2 cm³/mol. The van der Waals surface area contributed by atoms with Gasteiger partial charge in [0.25, 0.3) is 5.91 Å². The molecule has 0 saturated carbocycles. The minimum atomic E-state index is -4.81. The Balaban J connectivity index is 1.90. The smallest absolute Gasteiger partial charge is 0.255 e. The van der Waals surface area contributed by atoms with Crippen molar-refractivity contribution in [1.82, 2.24) is 4.31 Å². The molecule has 0 aliphatic carbocycles. The molecule has 0 aromatic heterocycles. The average Bonchev–Trinajstić information content (AvgIpc) is 2.69. The lowest BCUT2D eigenvalue weighted by Gasteiger charge is -2.33. The van der Waals surface area contributed by atoms with Crippen LogP contribution in [0, 0.1) is 23.3 Å². The highest BCUT2D eigenvalue weighted by molar-refractivity contribution is 7.89. The summed E-state index contributed by atoms with van der Waals surface area (Å²) in [4.78, 5) is 11.2. The Kier molecular flexibility index (Phi) is 6.30. The van der Waals surface area contributed by atoms with E-state index in [-0.39, 0.29) is 0 Å². The van der Waals surface area contributed by atoms with Crippen molar-refractivity contribution in [3.63, 3.8) is 0 Å². The minimum absolute atomic E-state index is 0.292. The Morgan fingerprint density at radius 3 is 2.06 bits per heavy atom. The number of halogens is 6. The van der Waals surface area contributed by atoms with Gasteiger partial charge in [-0.1, -0.05) is 0 Å². The fourth-order valence-electron chi connectivity index (χ4n) is 2.91. The molecule has 6 nitrogen and oxygen atoms in total. The lowest BCUT2D eigenvalue weighted by Crippen LogP contribution is -2.53. The van der Waals surface area contributed by atoms with E-state index in [1.54, 1.807) is 0 Å². The van der Waals surface area contributed by atoms with E-state index in [1.807, 2.05) is 5.32 Å². The monoisotopic (exact) mass is 468 g/mol. The molecule has 168 valence electrons. The summed E-state index contributed by atoms with van der Waals surface area (Å²) < 4.78 is 107. The third kappa shape index (κ3) is 4.52. The van der Waals surface area contributed by atoms with Gasteiger partial charge in [0.1, 0.15) is 29.2 Å². The number of piperidine rings is 1. The van der Waals surface area contributed by atoms with Gasteiger partial charge in [0.05, 0.1) is 0 Å². The number of benzene rings is 2. The number of alkyl halides is 2. The third-order valence-electron chi connectivity index (χ3n) is 4.55. The van der Waals surface area contributed by atoms with Crippen LogP contribution in [0.4, 0.5) is 32.0 Å². The van der Waals surface area contributed by atoms with E-state index < -0.39 is 86.9 Å². The number of nitrogens with zero attached hydrogens (tertiary/aromatic N) is 1. The molecule has 3 rings (SSSR count). The molecule has 2 aromatic rings. The van der Waals surface area contributed by atoms with Gasteiger partial charge in [0.15, 0.2) is 17.5 Å². The maximum atomic E-state index is 14.2. The molecular formula is C18H14F6N2O4S. The molecule has 13 heteroatoms. The second-order valence-corrected chi connectivity index (χ2v) is 8.60. The van der Waals surface area contributed by atoms with E-state index in [2.05, 4.69) is 0 Å². The van der Waals surface area contributed by atoms with Crippen molar-refractivity contribution in [3.05, 3.63) is 59.2 Å². The summed E-state index contributed by atoms with van der Waals surface area (Å²) >= 11 is 0. The highest BCUT2D eigenvalue weighted by Gasteiger charge is 2.42. The molecule has 31 heavy (non-hydrogen) atoms. The summed E-state index contributed by atoms with van der Waals surface area (Å²) in [6, 6.07) is 2.97. The summed E-state index contributed by atoms with van der Waals surface area (Å²) in [5.41, 5.74) is -0.976. The molecule has 2 N–H and O–H groups in total. The van der Waals surface area contributed by atoms with Crippen molar-refractivity contribution in [2.75, 3.05) is 18.4 Å². The molecule has 1 amide bonds. The van der Waals surface area contributed by atoms with E-state index in [9.17, 15) is 44.7 Å². The van der Waals surface area contributed by atoms with Crippen LogP contribution in [0.1, 0.15) is 10.4 Å². The van der Waals surface area contributed by atoms with Crippen LogP contribution in [0.2, 0.25) is 0 Å². The first-order chi connectivity index (χ1) is 14.4. The van der Waals surface area contributed by atoms with Gasteiger partial charge in [-0.05, 0) is 18.2 Å². The molecule has 0 spiro atoms. The standard InChI is InChI=1S/C18H14F6N2O4S/c19-10-2-1-8(18(28)25-9-4-11(20)16(24)12(21)5-9)3-15(10)31(29,30)26-6-13(22)17(27)14(23)7-26/h1-5,13-14,17,27H,6-7H2,(H,25,28). The fourth-order valence-corrected chi connectivity index (χ4v) is 4.46. The van der Waals surface area contributed by atoms with Crippen molar-refractivity contribution in [2.24, 2.45) is 0 Å². The molecule has 1 aliphatic heterocycles. The summed E-state index contributed by atoms with van der Waals surface area (Å²) in [6.07, 6.45) is -6.54. The third-order valence-corrected chi connectivity index (χ3v) is 6.40. The quantitative estimate of drug-likeness (QED) is 0.534. The van der Waals surface area contributed by atoms with Crippen LogP contribution in [-0.2, 0) is 10.0 Å². The number of anilines is 1. The Morgan fingerprint density at radius 2 is 1.52 bits per heavy atom. The first-order valence-corrected chi connectivity index (χ1v) is 10.1. The number of rotatable bonds is 4. The summed E-state index contributed by atoms with van der Waals surface area (Å²) in [5.74, 6) is -7.40. The number of carbonyl (C=O) groups is 1. The molecule has 0 bridgehead atoms. The molecule has 1 aliphatic rings. The Morgan fingerprint density at radius 1 is 0.968 bits per heavy atom. The largest absolute Gasteiger partial charge is 0.387 e. The van der Waals surface area contributed by atoms with Crippen molar-refractivity contribution in [2.45, 2.75) is 23.3 Å². The van der Waals surface area contributed by atoms with Gasteiger partial charge < -0.3 is 10.4 Å². The average molecular weight is 468 g/mol. The number of aliphatic hydroxyl groups excluding tert-OH is 1. The number of amides is 1. The zero-order valence-electron chi connectivity index (χ0n) is 15.3. The van der Waals surface area contributed by atoms with Gasteiger partial charge in [-0.2, -0.15) is 4.31 Å². The number of aliphatic hydroxyl groups is 1. The Hall–Kier alpha value is -2.64. The number of hydrogen-bond acceptors (Lipinski definition) is 4. The number of hydrogen-bond donors (Lipinski definition) is 2. The van der Waals surface area contributed by atoms with Crippen LogP contribution >= 0.6 is 0 Å². The van der Waals surface area contributed by atoms with E-state index in [4.69, 9.17) is 0 Å². The van der Waals surface area contributed by atoms with E-state index >= 15 is 0 Å². The molecule has 0 radical (unpaired) electrons. The van der Waals surface area contributed by atoms with Crippen molar-refractivity contribution in [1.29, 1.82) is 0 Å². The van der Waals surface area contributed by atoms with Crippen LogP contribution in [0.3, 0.4) is 0 Å². The SMILES string of the molecule is O=C(Nc1cc(F)c(F)c(F)c1)c1ccc(F)c(S(=O)(=O)N2CC(F)C(O)C(F)C2)c1. The zero-order valence-corrected chi connectivity index (χ0v) is 16.1. The van der Waals surface area contributed by atoms with Gasteiger partial charge >= 0.3 is 0 Å².